The van der Waals surface area contributed by atoms with E-state index in [0.29, 0.717) is 23.6 Å². The minimum atomic E-state index is -0.274. The number of fused-ring (bicyclic) bond motifs is 1. The van der Waals surface area contributed by atoms with E-state index in [0.717, 1.165) is 10.2 Å². The summed E-state index contributed by atoms with van der Waals surface area (Å²) in [7, 11) is 0. The molecule has 2 aromatic heterocycles. The summed E-state index contributed by atoms with van der Waals surface area (Å²) in [6.07, 6.45) is 5.49. The first-order valence-corrected chi connectivity index (χ1v) is 9.61. The van der Waals surface area contributed by atoms with Crippen LogP contribution >= 0.6 is 23.1 Å². The lowest BCUT2D eigenvalue weighted by atomic mass is 10.3. The van der Waals surface area contributed by atoms with Gasteiger partial charge in [-0.3, -0.25) is 9.48 Å². The van der Waals surface area contributed by atoms with Crippen LogP contribution in [0.15, 0.2) is 53.0 Å². The zero-order valence-corrected chi connectivity index (χ0v) is 15.2. The highest BCUT2D eigenvalue weighted by Gasteiger charge is 2.12. The second-order valence-corrected chi connectivity index (χ2v) is 6.96. The van der Waals surface area contributed by atoms with Gasteiger partial charge in [-0.15, -0.1) is 18.3 Å². The second kappa shape index (κ2) is 7.19. The van der Waals surface area contributed by atoms with Crippen molar-refractivity contribution in [3.63, 3.8) is 0 Å². The minimum absolute atomic E-state index is 0.274. The number of carbonyl (C=O) groups is 1. The fraction of sp³-hybridized carbons (Fsp3) is 0.235. The van der Waals surface area contributed by atoms with E-state index in [1.807, 2.05) is 23.8 Å². The van der Waals surface area contributed by atoms with Gasteiger partial charge in [0.1, 0.15) is 5.69 Å². The van der Waals surface area contributed by atoms with E-state index in [4.69, 9.17) is 0 Å². The number of nitrogens with zero attached hydrogens (tertiary/aromatic N) is 4. The van der Waals surface area contributed by atoms with Crippen LogP contribution in [0.25, 0.3) is 10.2 Å². The van der Waals surface area contributed by atoms with Crippen LogP contribution in [-0.4, -0.2) is 26.5 Å². The van der Waals surface area contributed by atoms with Gasteiger partial charge in [0.25, 0.3) is 5.91 Å². The zero-order chi connectivity index (χ0) is 17.1. The van der Waals surface area contributed by atoms with Crippen LogP contribution in [0.3, 0.4) is 0 Å². The van der Waals surface area contributed by atoms with Gasteiger partial charge in [0.05, 0.1) is 10.2 Å². The Bertz CT molecular complexity index is 965. The largest absolute Gasteiger partial charge is 0.312 e. The van der Waals surface area contributed by atoms with Gasteiger partial charge >= 0.3 is 0 Å². The number of carbonyl (C=O) groups excluding carboxylic acids is 1. The Balaban J connectivity index is 2.15. The van der Waals surface area contributed by atoms with Crippen LogP contribution in [0.1, 0.15) is 17.4 Å². The number of benzene rings is 1. The molecule has 0 aliphatic rings. The fourth-order valence-electron chi connectivity index (χ4n) is 2.48. The van der Waals surface area contributed by atoms with Crippen molar-refractivity contribution in [1.29, 1.82) is 0 Å². The summed E-state index contributed by atoms with van der Waals surface area (Å²) in [6, 6.07) is 7.98. The van der Waals surface area contributed by atoms with Crippen LogP contribution in [0.2, 0.25) is 0 Å². The lowest BCUT2D eigenvalue weighted by Crippen LogP contribution is -2.17. The Morgan fingerprint density at radius 3 is 3.00 bits per heavy atom. The van der Waals surface area contributed by atoms with Gasteiger partial charge in [0.2, 0.25) is 0 Å². The average molecular weight is 358 g/mol. The summed E-state index contributed by atoms with van der Waals surface area (Å²) in [4.78, 5) is 18.8. The molecule has 0 aliphatic carbocycles. The first-order valence-electron chi connectivity index (χ1n) is 7.57. The van der Waals surface area contributed by atoms with Gasteiger partial charge in [-0.05, 0) is 37.4 Å². The Hall–Kier alpha value is -2.12. The van der Waals surface area contributed by atoms with Gasteiger partial charge in [0, 0.05) is 24.2 Å². The molecule has 0 unspecified atom stereocenters. The summed E-state index contributed by atoms with van der Waals surface area (Å²) in [6.45, 7) is 7.01. The van der Waals surface area contributed by atoms with E-state index in [9.17, 15) is 4.79 Å². The number of thiazole rings is 1. The number of hydrogen-bond acceptors (Lipinski definition) is 4. The van der Waals surface area contributed by atoms with Crippen LogP contribution in [0.5, 0.6) is 0 Å². The molecule has 0 spiro atoms. The number of aromatic nitrogens is 3. The molecule has 24 heavy (non-hydrogen) atoms. The highest BCUT2D eigenvalue weighted by molar-refractivity contribution is 7.98. The quantitative estimate of drug-likeness (QED) is 0.517. The highest BCUT2D eigenvalue weighted by atomic mass is 32.2. The molecule has 0 bridgehead atoms. The molecule has 3 aromatic rings. The standard InChI is InChI=1S/C17H18N4OS2/c1-4-10-20-13-7-6-12(23-3)11-15(13)24-17(20)19-16(22)14-8-9-18-21(14)5-2/h4,6-9,11H,1,5,10H2,2-3H3. The van der Waals surface area contributed by atoms with E-state index in [1.54, 1.807) is 28.7 Å². The molecule has 7 heteroatoms. The molecule has 124 valence electrons. The third kappa shape index (κ3) is 3.09. The highest BCUT2D eigenvalue weighted by Crippen LogP contribution is 2.24. The molecule has 5 nitrogen and oxygen atoms in total. The maximum absolute atomic E-state index is 12.5. The number of rotatable bonds is 5. The summed E-state index contributed by atoms with van der Waals surface area (Å²) >= 11 is 3.21. The molecule has 0 aliphatic heterocycles. The third-order valence-corrected chi connectivity index (χ3v) is 5.40. The van der Waals surface area contributed by atoms with Crippen LogP contribution in [0.4, 0.5) is 0 Å². The Morgan fingerprint density at radius 1 is 1.46 bits per heavy atom. The normalized spacial score (nSPS) is 12.0. The molecule has 0 saturated heterocycles. The number of hydrogen-bond donors (Lipinski definition) is 0. The predicted octanol–water partition coefficient (Wildman–Crippen LogP) is 3.57. The molecule has 1 aromatic carbocycles. The van der Waals surface area contributed by atoms with Crippen molar-refractivity contribution < 1.29 is 4.79 Å². The molecule has 0 radical (unpaired) electrons. The van der Waals surface area contributed by atoms with E-state index < -0.39 is 0 Å². The van der Waals surface area contributed by atoms with Crippen molar-refractivity contribution in [3.05, 3.63) is 53.6 Å². The number of allylic oxidation sites excluding steroid dienone is 1. The van der Waals surface area contributed by atoms with E-state index in [2.05, 4.69) is 34.9 Å². The predicted molar refractivity (Wildman–Crippen MR) is 99.6 cm³/mol. The Morgan fingerprint density at radius 2 is 2.29 bits per heavy atom. The van der Waals surface area contributed by atoms with Crippen molar-refractivity contribution in [2.75, 3.05) is 6.26 Å². The molecule has 0 N–H and O–H groups in total. The zero-order valence-electron chi connectivity index (χ0n) is 13.6. The topological polar surface area (TPSA) is 52.2 Å². The van der Waals surface area contributed by atoms with Gasteiger partial charge in [0.15, 0.2) is 4.80 Å². The van der Waals surface area contributed by atoms with Crippen molar-refractivity contribution in [2.45, 2.75) is 24.9 Å². The molecule has 0 saturated carbocycles. The van der Waals surface area contributed by atoms with Crippen molar-refractivity contribution in [3.8, 4) is 0 Å². The first-order chi connectivity index (χ1) is 11.7. The summed E-state index contributed by atoms with van der Waals surface area (Å²) in [5.74, 6) is -0.274. The lowest BCUT2D eigenvalue weighted by Gasteiger charge is -2.02. The smallest absolute Gasteiger partial charge is 0.297 e. The number of thioether (sulfide) groups is 1. The van der Waals surface area contributed by atoms with E-state index in [-0.39, 0.29) is 5.91 Å². The molecule has 0 atom stereocenters. The maximum Gasteiger partial charge on any atom is 0.297 e. The van der Waals surface area contributed by atoms with Gasteiger partial charge in [-0.1, -0.05) is 17.4 Å². The number of aryl methyl sites for hydroxylation is 1. The molecule has 2 heterocycles. The summed E-state index contributed by atoms with van der Waals surface area (Å²) < 4.78 is 4.78. The van der Waals surface area contributed by atoms with Gasteiger partial charge in [-0.25, -0.2) is 0 Å². The molecule has 1 amide bonds. The van der Waals surface area contributed by atoms with Crippen molar-refractivity contribution in [2.24, 2.45) is 4.99 Å². The van der Waals surface area contributed by atoms with Crippen LogP contribution < -0.4 is 4.80 Å². The second-order valence-electron chi connectivity index (χ2n) is 5.07. The van der Waals surface area contributed by atoms with E-state index >= 15 is 0 Å². The Labute approximate surface area is 148 Å². The summed E-state index contributed by atoms with van der Waals surface area (Å²) in [5, 5.41) is 4.14. The number of amides is 1. The van der Waals surface area contributed by atoms with Crippen LogP contribution in [-0.2, 0) is 13.1 Å². The monoisotopic (exact) mass is 358 g/mol. The molecular formula is C17H18N4OS2. The minimum Gasteiger partial charge on any atom is -0.312 e. The van der Waals surface area contributed by atoms with Crippen molar-refractivity contribution in [1.82, 2.24) is 14.3 Å². The summed E-state index contributed by atoms with van der Waals surface area (Å²) in [5.41, 5.74) is 1.57. The molecular weight excluding hydrogens is 340 g/mol. The van der Waals surface area contributed by atoms with Gasteiger partial charge < -0.3 is 4.57 Å². The fourth-order valence-corrected chi connectivity index (χ4v) is 4.07. The molecule has 3 rings (SSSR count). The van der Waals surface area contributed by atoms with Crippen LogP contribution in [0, 0.1) is 0 Å². The average Bonchev–Trinajstić information content (AvgIpc) is 3.19. The lowest BCUT2D eigenvalue weighted by molar-refractivity contribution is 0.0987. The Kier molecular flexibility index (Phi) is 5.01. The van der Waals surface area contributed by atoms with Crippen molar-refractivity contribution >= 4 is 39.2 Å². The first kappa shape index (κ1) is 16.7. The van der Waals surface area contributed by atoms with E-state index in [1.165, 1.54) is 16.2 Å². The SMILES string of the molecule is C=CCn1c(=NC(=O)c2ccnn2CC)sc2cc(SC)ccc21. The molecule has 0 fully saturated rings. The van der Waals surface area contributed by atoms with Gasteiger partial charge in [-0.2, -0.15) is 10.1 Å². The maximum atomic E-state index is 12.5. The third-order valence-electron chi connectivity index (χ3n) is 3.63.